The number of rotatable bonds is 6. The first kappa shape index (κ1) is 49.5. The summed E-state index contributed by atoms with van der Waals surface area (Å²) in [5.41, 5.74) is 27.7. The molecule has 0 N–H and O–H groups in total. The van der Waals surface area contributed by atoms with Gasteiger partial charge in [-0.3, -0.25) is 0 Å². The Labute approximate surface area is 496 Å². The van der Waals surface area contributed by atoms with Gasteiger partial charge in [-0.25, -0.2) is 0 Å². The van der Waals surface area contributed by atoms with Gasteiger partial charge in [-0.1, -0.05) is 217 Å². The molecule has 0 spiro atoms. The molecule has 2 aliphatic rings. The van der Waals surface area contributed by atoms with E-state index >= 15 is 0 Å². The van der Waals surface area contributed by atoms with Crippen molar-refractivity contribution in [3.05, 3.63) is 272 Å². The van der Waals surface area contributed by atoms with Crippen LogP contribution < -0.4 is 26.2 Å². The molecule has 2 aliphatic heterocycles. The van der Waals surface area contributed by atoms with Crippen LogP contribution in [-0.2, 0) is 10.8 Å². The maximum atomic E-state index is 2.62. The molecule has 0 unspecified atom stereocenters. The van der Waals surface area contributed by atoms with Gasteiger partial charge in [0.05, 0.1) is 33.3 Å². The summed E-state index contributed by atoms with van der Waals surface area (Å²) < 4.78 is 5.11. The molecule has 0 amide bonds. The Kier molecular flexibility index (Phi) is 10.6. The van der Waals surface area contributed by atoms with Gasteiger partial charge < -0.3 is 18.8 Å². The molecule has 0 atom stereocenters. The molecule has 0 saturated heterocycles. The summed E-state index contributed by atoms with van der Waals surface area (Å²) in [7, 11) is 0. The minimum absolute atomic E-state index is 0.00702. The molecule has 17 rings (SSSR count). The quantitative estimate of drug-likeness (QED) is 0.154. The highest BCUT2D eigenvalue weighted by atomic mass is 15.2. The number of nitrogens with zero attached hydrogens (tertiary/aromatic N) is 4. The van der Waals surface area contributed by atoms with Crippen LogP contribution in [0, 0.1) is 0 Å². The fourth-order valence-corrected chi connectivity index (χ4v) is 14.5. The first-order chi connectivity index (χ1) is 41.4. The van der Waals surface area contributed by atoms with Crippen molar-refractivity contribution in [1.29, 1.82) is 0 Å². The lowest BCUT2D eigenvalue weighted by Gasteiger charge is -2.44. The highest BCUT2D eigenvalue weighted by Crippen LogP contribution is 2.50. The molecule has 0 saturated carbocycles. The smallest absolute Gasteiger partial charge is 0.252 e. The van der Waals surface area contributed by atoms with Crippen molar-refractivity contribution in [2.24, 2.45) is 0 Å². The van der Waals surface area contributed by atoms with E-state index in [1.54, 1.807) is 0 Å². The maximum Gasteiger partial charge on any atom is 0.252 e. The van der Waals surface area contributed by atoms with Crippen LogP contribution in [0.3, 0.4) is 0 Å². The Morgan fingerprint density at radius 2 is 0.729 bits per heavy atom. The number of aromatic nitrogens is 2. The SMILES string of the molecule is CC(C)(C)c1ccc2c(c1)c1cc(C(C)(C)C)cc3c4cc5c(cc4n2c13)N(c1ccc(-c2ccccc2)cc1)c1cc(-n2c3ccccc3c3ccccc32)cc2c1B5c1cc(-c3ccccc3)ccc1N2c1ccc(-c2ccccc2)cc1. The number of para-hydroxylation sites is 2. The van der Waals surface area contributed by atoms with Crippen LogP contribution in [0.2, 0.25) is 0 Å². The molecule has 5 heterocycles. The van der Waals surface area contributed by atoms with Crippen LogP contribution in [0.25, 0.3) is 99.0 Å². The summed E-state index contributed by atoms with van der Waals surface area (Å²) in [6, 6.07) is 98.6. The van der Waals surface area contributed by atoms with E-state index in [1.165, 1.54) is 132 Å². The standard InChI is InChI=1S/C80H61BN4/c1-79(2,3)56-35-41-71-63(43-56)65-44-57(80(4,5)6)45-66-64-48-68-74(49-73(64)85(71)78(65)66)83(59-38-32-54(33-39-59)51-22-12-8-13-23-51)76-47-60(84-69-28-18-16-26-61(69)62-27-17-19-29-70(62)84)46-75-77(76)81(68)67-42-55(52-24-14-9-15-25-52)34-40-72(67)82(75)58-36-30-53(31-37-58)50-20-10-7-11-21-50/h7-49H,1-6H3. The molecule has 15 aromatic rings. The van der Waals surface area contributed by atoms with Crippen LogP contribution >= 0.6 is 0 Å². The van der Waals surface area contributed by atoms with Gasteiger partial charge in [-0.05, 0) is 157 Å². The van der Waals surface area contributed by atoms with Gasteiger partial charge in [-0.15, -0.1) is 0 Å². The normalized spacial score (nSPS) is 13.2. The Morgan fingerprint density at radius 1 is 0.282 bits per heavy atom. The average molecular weight is 1090 g/mol. The molecule has 404 valence electrons. The molecule has 85 heavy (non-hydrogen) atoms. The van der Waals surface area contributed by atoms with E-state index < -0.39 is 0 Å². The largest absolute Gasteiger partial charge is 0.311 e. The third kappa shape index (κ3) is 7.49. The molecule has 12 aromatic carbocycles. The van der Waals surface area contributed by atoms with E-state index in [9.17, 15) is 0 Å². The summed E-state index contributed by atoms with van der Waals surface area (Å²) in [5.74, 6) is 0. The second-order valence-corrected chi connectivity index (χ2v) is 25.8. The Bertz CT molecular complexity index is 5130. The van der Waals surface area contributed by atoms with Gasteiger partial charge in [0.25, 0.3) is 6.71 Å². The van der Waals surface area contributed by atoms with Crippen molar-refractivity contribution in [1.82, 2.24) is 8.97 Å². The van der Waals surface area contributed by atoms with E-state index in [0.29, 0.717) is 0 Å². The fourth-order valence-electron chi connectivity index (χ4n) is 14.5. The number of anilines is 6. The van der Waals surface area contributed by atoms with Crippen molar-refractivity contribution in [2.75, 3.05) is 9.80 Å². The molecule has 4 nitrogen and oxygen atoms in total. The first-order valence-electron chi connectivity index (χ1n) is 30.0. The lowest BCUT2D eigenvalue weighted by atomic mass is 9.33. The average Bonchev–Trinajstić information content (AvgIpc) is 1.71. The molecule has 0 bridgehead atoms. The van der Waals surface area contributed by atoms with Crippen molar-refractivity contribution in [3.8, 4) is 39.1 Å². The predicted octanol–water partition coefficient (Wildman–Crippen LogP) is 19.6. The summed E-state index contributed by atoms with van der Waals surface area (Å²) in [6.07, 6.45) is 0. The van der Waals surface area contributed by atoms with E-state index in [0.717, 1.165) is 28.4 Å². The molecular formula is C80H61BN4. The number of hydrogen-bond donors (Lipinski definition) is 0. The second kappa shape index (κ2) is 18.2. The molecular weight excluding hydrogens is 1030 g/mol. The van der Waals surface area contributed by atoms with E-state index in [-0.39, 0.29) is 17.5 Å². The zero-order valence-corrected chi connectivity index (χ0v) is 48.7. The van der Waals surface area contributed by atoms with E-state index in [1.807, 2.05) is 0 Å². The first-order valence-corrected chi connectivity index (χ1v) is 30.0. The minimum Gasteiger partial charge on any atom is -0.311 e. The number of hydrogen-bond acceptors (Lipinski definition) is 2. The molecule has 5 heteroatoms. The second-order valence-electron chi connectivity index (χ2n) is 25.8. The van der Waals surface area contributed by atoms with Gasteiger partial charge in [0, 0.05) is 66.4 Å². The van der Waals surface area contributed by atoms with Crippen molar-refractivity contribution in [3.63, 3.8) is 0 Å². The monoisotopic (exact) mass is 1090 g/mol. The van der Waals surface area contributed by atoms with Crippen LogP contribution in [0.1, 0.15) is 52.7 Å². The van der Waals surface area contributed by atoms with Gasteiger partial charge in [0.15, 0.2) is 0 Å². The highest BCUT2D eigenvalue weighted by molar-refractivity contribution is 7.00. The predicted molar refractivity (Wildman–Crippen MR) is 363 cm³/mol. The van der Waals surface area contributed by atoms with Crippen LogP contribution in [-0.4, -0.2) is 15.7 Å². The summed E-state index contributed by atoms with van der Waals surface area (Å²) in [6.45, 7) is 13.9. The summed E-state index contributed by atoms with van der Waals surface area (Å²) in [4.78, 5) is 5.19. The highest BCUT2D eigenvalue weighted by Gasteiger charge is 2.45. The molecule has 3 aromatic heterocycles. The van der Waals surface area contributed by atoms with Crippen LogP contribution in [0.15, 0.2) is 261 Å². The van der Waals surface area contributed by atoms with Crippen molar-refractivity contribution < 1.29 is 0 Å². The van der Waals surface area contributed by atoms with Crippen LogP contribution in [0.4, 0.5) is 34.1 Å². The van der Waals surface area contributed by atoms with Crippen molar-refractivity contribution >= 4 is 117 Å². The Hall–Kier alpha value is -10.1. The number of benzene rings is 12. The van der Waals surface area contributed by atoms with E-state index in [2.05, 4.69) is 321 Å². The molecule has 0 radical (unpaired) electrons. The lowest BCUT2D eigenvalue weighted by Crippen LogP contribution is -2.61. The summed E-state index contributed by atoms with van der Waals surface area (Å²) in [5, 5.41) is 7.67. The van der Waals surface area contributed by atoms with Gasteiger partial charge in [0.2, 0.25) is 0 Å². The van der Waals surface area contributed by atoms with Crippen molar-refractivity contribution in [2.45, 2.75) is 52.4 Å². The van der Waals surface area contributed by atoms with Gasteiger partial charge in [-0.2, -0.15) is 0 Å². The minimum atomic E-state index is -0.150. The Morgan fingerprint density at radius 3 is 1.27 bits per heavy atom. The topological polar surface area (TPSA) is 15.8 Å². The third-order valence-electron chi connectivity index (χ3n) is 18.7. The number of fused-ring (bicyclic) bond motifs is 13. The molecule has 0 fully saturated rings. The third-order valence-corrected chi connectivity index (χ3v) is 18.7. The van der Waals surface area contributed by atoms with E-state index in [4.69, 9.17) is 0 Å². The maximum absolute atomic E-state index is 2.62. The van der Waals surface area contributed by atoms with Gasteiger partial charge in [0.1, 0.15) is 0 Å². The lowest BCUT2D eigenvalue weighted by molar-refractivity contribution is 0.590. The fraction of sp³-hybridized carbons (Fsp3) is 0.100. The zero-order chi connectivity index (χ0) is 57.0. The van der Waals surface area contributed by atoms with Gasteiger partial charge >= 0.3 is 0 Å². The molecule has 0 aliphatic carbocycles. The summed E-state index contributed by atoms with van der Waals surface area (Å²) >= 11 is 0. The Balaban J connectivity index is 1.02. The van der Waals surface area contributed by atoms with Crippen LogP contribution in [0.5, 0.6) is 0 Å². The zero-order valence-electron chi connectivity index (χ0n) is 48.7.